The first-order valence-electron chi connectivity index (χ1n) is 7.59. The summed E-state index contributed by atoms with van der Waals surface area (Å²) in [4.78, 5) is 26.1. The molecule has 1 aromatic carbocycles. The molecule has 0 saturated carbocycles. The predicted octanol–water partition coefficient (Wildman–Crippen LogP) is 3.01. The highest BCUT2D eigenvalue weighted by Crippen LogP contribution is 2.26. The van der Waals surface area contributed by atoms with E-state index in [2.05, 4.69) is 19.2 Å². The van der Waals surface area contributed by atoms with Gasteiger partial charge < -0.3 is 10.2 Å². The standard InChI is InChI=1S/C17H24N2O2/c1-11(2)14-7-5-6-8-15(14)18-17(21)13-9-16(20)19(10-13)12(3)4/h5-8,11-13H,9-10H2,1-4H3,(H,18,21)/t13-/m0/s1. The first-order valence-corrected chi connectivity index (χ1v) is 7.59. The smallest absolute Gasteiger partial charge is 0.229 e. The third-order valence-electron chi connectivity index (χ3n) is 3.99. The Morgan fingerprint density at radius 1 is 1.24 bits per heavy atom. The van der Waals surface area contributed by atoms with Crippen molar-refractivity contribution < 1.29 is 9.59 Å². The van der Waals surface area contributed by atoms with Crippen molar-refractivity contribution in [1.29, 1.82) is 0 Å². The third-order valence-corrected chi connectivity index (χ3v) is 3.99. The molecule has 0 aromatic heterocycles. The monoisotopic (exact) mass is 288 g/mol. The van der Waals surface area contributed by atoms with Crippen LogP contribution in [-0.2, 0) is 9.59 Å². The summed E-state index contributed by atoms with van der Waals surface area (Å²) in [5.41, 5.74) is 1.98. The van der Waals surface area contributed by atoms with Gasteiger partial charge in [0.1, 0.15) is 0 Å². The second kappa shape index (κ2) is 6.29. The van der Waals surface area contributed by atoms with Crippen LogP contribution in [0.5, 0.6) is 0 Å². The van der Waals surface area contributed by atoms with E-state index in [1.807, 2.05) is 38.1 Å². The number of anilines is 1. The number of carbonyl (C=O) groups is 2. The number of benzene rings is 1. The summed E-state index contributed by atoms with van der Waals surface area (Å²) in [6.45, 7) is 8.68. The number of nitrogens with one attached hydrogen (secondary N) is 1. The summed E-state index contributed by atoms with van der Waals surface area (Å²) in [6, 6.07) is 8.00. The molecule has 4 heteroatoms. The van der Waals surface area contributed by atoms with Crippen molar-refractivity contribution in [2.45, 2.75) is 46.1 Å². The number of rotatable bonds is 4. The Balaban J connectivity index is 2.08. The van der Waals surface area contributed by atoms with Crippen LogP contribution in [0.15, 0.2) is 24.3 Å². The molecule has 4 nitrogen and oxygen atoms in total. The maximum Gasteiger partial charge on any atom is 0.229 e. The molecule has 1 heterocycles. The lowest BCUT2D eigenvalue weighted by atomic mass is 10.0. The van der Waals surface area contributed by atoms with Crippen LogP contribution in [-0.4, -0.2) is 29.3 Å². The average Bonchev–Trinajstić information content (AvgIpc) is 2.81. The Kier molecular flexibility index (Phi) is 4.66. The zero-order valence-electron chi connectivity index (χ0n) is 13.2. The molecular formula is C17H24N2O2. The van der Waals surface area contributed by atoms with E-state index in [1.54, 1.807) is 4.90 Å². The third kappa shape index (κ3) is 3.43. The molecule has 2 amide bonds. The summed E-state index contributed by atoms with van der Waals surface area (Å²) >= 11 is 0. The van der Waals surface area contributed by atoms with Gasteiger partial charge in [-0.1, -0.05) is 32.0 Å². The van der Waals surface area contributed by atoms with Gasteiger partial charge in [-0.25, -0.2) is 0 Å². The van der Waals surface area contributed by atoms with Gasteiger partial charge in [0.25, 0.3) is 0 Å². The molecule has 1 N–H and O–H groups in total. The first-order chi connectivity index (χ1) is 9.90. The van der Waals surface area contributed by atoms with Crippen molar-refractivity contribution in [1.82, 2.24) is 4.90 Å². The minimum Gasteiger partial charge on any atom is -0.339 e. The molecule has 1 atom stereocenters. The normalized spacial score (nSPS) is 18.7. The number of hydrogen-bond donors (Lipinski definition) is 1. The summed E-state index contributed by atoms with van der Waals surface area (Å²) in [5, 5.41) is 3.00. The number of nitrogens with zero attached hydrogens (tertiary/aromatic N) is 1. The number of likely N-dealkylation sites (tertiary alicyclic amines) is 1. The van der Waals surface area contributed by atoms with Gasteiger partial charge in [-0.2, -0.15) is 0 Å². The molecule has 1 aliphatic rings. The molecule has 1 aromatic rings. The second-order valence-electron chi connectivity index (χ2n) is 6.27. The van der Waals surface area contributed by atoms with Gasteiger partial charge in [-0.3, -0.25) is 9.59 Å². The highest BCUT2D eigenvalue weighted by atomic mass is 16.2. The largest absolute Gasteiger partial charge is 0.339 e. The van der Waals surface area contributed by atoms with Gasteiger partial charge in [0.2, 0.25) is 11.8 Å². The fourth-order valence-corrected chi connectivity index (χ4v) is 2.76. The lowest BCUT2D eigenvalue weighted by Crippen LogP contribution is -2.33. The van der Waals surface area contributed by atoms with E-state index in [9.17, 15) is 9.59 Å². The van der Waals surface area contributed by atoms with Crippen LogP contribution in [0.25, 0.3) is 0 Å². The lowest BCUT2D eigenvalue weighted by Gasteiger charge is -2.21. The van der Waals surface area contributed by atoms with Gasteiger partial charge in [0.05, 0.1) is 5.92 Å². The Morgan fingerprint density at radius 2 is 1.90 bits per heavy atom. The fourth-order valence-electron chi connectivity index (χ4n) is 2.76. The molecule has 0 aliphatic carbocycles. The van der Waals surface area contributed by atoms with E-state index in [-0.39, 0.29) is 23.8 Å². The van der Waals surface area contributed by atoms with Crippen molar-refractivity contribution in [3.05, 3.63) is 29.8 Å². The van der Waals surface area contributed by atoms with Crippen LogP contribution >= 0.6 is 0 Å². The summed E-state index contributed by atoms with van der Waals surface area (Å²) in [6.07, 6.45) is 0.313. The zero-order valence-corrected chi connectivity index (χ0v) is 13.2. The molecule has 0 bridgehead atoms. The van der Waals surface area contributed by atoms with E-state index < -0.39 is 0 Å². The quantitative estimate of drug-likeness (QED) is 0.926. The van der Waals surface area contributed by atoms with Crippen LogP contribution < -0.4 is 5.32 Å². The van der Waals surface area contributed by atoms with Gasteiger partial charge in [0.15, 0.2) is 0 Å². The Bertz CT molecular complexity index is 537. The minimum atomic E-state index is -0.250. The SMILES string of the molecule is CC(C)c1ccccc1NC(=O)[C@H]1CC(=O)N(C(C)C)C1. The average molecular weight is 288 g/mol. The molecule has 114 valence electrons. The van der Waals surface area contributed by atoms with Crippen molar-refractivity contribution in [2.75, 3.05) is 11.9 Å². The topological polar surface area (TPSA) is 49.4 Å². The van der Waals surface area contributed by atoms with Gasteiger partial charge in [-0.05, 0) is 31.4 Å². The first kappa shape index (κ1) is 15.5. The molecule has 1 fully saturated rings. The fraction of sp³-hybridized carbons (Fsp3) is 0.529. The summed E-state index contributed by atoms with van der Waals surface area (Å²) in [5.74, 6) is 0.112. The Morgan fingerprint density at radius 3 is 2.48 bits per heavy atom. The molecule has 0 radical (unpaired) electrons. The zero-order chi connectivity index (χ0) is 15.6. The van der Waals surface area contributed by atoms with Gasteiger partial charge in [0, 0.05) is 24.7 Å². The van der Waals surface area contributed by atoms with Crippen LogP contribution in [0.4, 0.5) is 5.69 Å². The molecule has 0 unspecified atom stereocenters. The van der Waals surface area contributed by atoms with Crippen molar-refractivity contribution in [3.8, 4) is 0 Å². The van der Waals surface area contributed by atoms with E-state index in [1.165, 1.54) is 0 Å². The minimum absolute atomic E-state index is 0.0559. The lowest BCUT2D eigenvalue weighted by molar-refractivity contribution is -0.129. The molecule has 1 saturated heterocycles. The second-order valence-corrected chi connectivity index (χ2v) is 6.27. The van der Waals surface area contributed by atoms with Crippen molar-refractivity contribution in [2.24, 2.45) is 5.92 Å². The van der Waals surface area contributed by atoms with Crippen LogP contribution in [0.1, 0.15) is 45.6 Å². The maximum absolute atomic E-state index is 12.4. The summed E-state index contributed by atoms with van der Waals surface area (Å²) in [7, 11) is 0. The molecule has 1 aliphatic heterocycles. The maximum atomic E-state index is 12.4. The molecule has 2 rings (SSSR count). The number of hydrogen-bond acceptors (Lipinski definition) is 2. The number of para-hydroxylation sites is 1. The van der Waals surface area contributed by atoms with E-state index in [0.717, 1.165) is 11.3 Å². The Labute approximate surface area is 126 Å². The summed E-state index contributed by atoms with van der Waals surface area (Å²) < 4.78 is 0. The highest BCUT2D eigenvalue weighted by Gasteiger charge is 2.35. The molecule has 0 spiro atoms. The van der Waals surface area contributed by atoms with Crippen molar-refractivity contribution in [3.63, 3.8) is 0 Å². The number of carbonyl (C=O) groups excluding carboxylic acids is 2. The van der Waals surface area contributed by atoms with E-state index in [0.29, 0.717) is 18.9 Å². The van der Waals surface area contributed by atoms with Crippen molar-refractivity contribution >= 4 is 17.5 Å². The molecular weight excluding hydrogens is 264 g/mol. The van der Waals surface area contributed by atoms with Gasteiger partial charge >= 0.3 is 0 Å². The molecule has 21 heavy (non-hydrogen) atoms. The van der Waals surface area contributed by atoms with E-state index >= 15 is 0 Å². The van der Waals surface area contributed by atoms with Gasteiger partial charge in [-0.15, -0.1) is 0 Å². The predicted molar refractivity (Wildman–Crippen MR) is 84.1 cm³/mol. The Hall–Kier alpha value is -1.84. The van der Waals surface area contributed by atoms with Crippen LogP contribution in [0.3, 0.4) is 0 Å². The highest BCUT2D eigenvalue weighted by molar-refractivity contribution is 5.97. The number of amides is 2. The van der Waals surface area contributed by atoms with E-state index in [4.69, 9.17) is 0 Å². The van der Waals surface area contributed by atoms with Crippen LogP contribution in [0.2, 0.25) is 0 Å². The van der Waals surface area contributed by atoms with Crippen LogP contribution in [0, 0.1) is 5.92 Å².